The van der Waals surface area contributed by atoms with Crippen LogP contribution in [0.4, 0.5) is 4.79 Å². The Hall–Kier alpha value is -0.950. The molecule has 0 aromatic heterocycles. The monoisotopic (exact) mass is 288 g/mol. The van der Waals surface area contributed by atoms with Gasteiger partial charge >= 0.3 is 12.0 Å². The minimum absolute atomic E-state index is 0.162. The van der Waals surface area contributed by atoms with Gasteiger partial charge in [0, 0.05) is 11.3 Å². The molecule has 0 bridgehead atoms. The molecule has 7 heteroatoms. The fraction of sp³-hybridized carbons (Fsp3) is 0.833. The molecule has 0 radical (unpaired) electrons. The number of carboxylic acid groups (broad SMARTS) is 1. The van der Waals surface area contributed by atoms with E-state index in [9.17, 15) is 9.59 Å². The fourth-order valence-electron chi connectivity index (χ4n) is 2.42. The van der Waals surface area contributed by atoms with Gasteiger partial charge in [0.15, 0.2) is 0 Å². The summed E-state index contributed by atoms with van der Waals surface area (Å²) in [5.74, 6) is -1.58. The zero-order valence-corrected chi connectivity index (χ0v) is 11.8. The van der Waals surface area contributed by atoms with Gasteiger partial charge in [0.25, 0.3) is 0 Å². The largest absolute Gasteiger partial charge is 0.481 e. The maximum Gasteiger partial charge on any atom is 0.315 e. The number of rotatable bonds is 5. The number of urea groups is 1. The van der Waals surface area contributed by atoms with Crippen LogP contribution < -0.4 is 10.6 Å². The van der Waals surface area contributed by atoms with Crippen LogP contribution in [-0.2, 0) is 9.53 Å². The van der Waals surface area contributed by atoms with E-state index >= 15 is 0 Å². The molecule has 3 N–H and O–H groups in total. The van der Waals surface area contributed by atoms with Crippen LogP contribution in [0.25, 0.3) is 0 Å². The van der Waals surface area contributed by atoms with Crippen LogP contribution >= 0.6 is 11.8 Å². The Morgan fingerprint density at radius 2 is 2.16 bits per heavy atom. The van der Waals surface area contributed by atoms with E-state index < -0.39 is 17.9 Å². The van der Waals surface area contributed by atoms with Crippen molar-refractivity contribution in [1.29, 1.82) is 0 Å². The van der Waals surface area contributed by atoms with Crippen molar-refractivity contribution >= 4 is 23.8 Å². The van der Waals surface area contributed by atoms with Gasteiger partial charge in [-0.25, -0.2) is 4.79 Å². The summed E-state index contributed by atoms with van der Waals surface area (Å²) in [7, 11) is 0. The summed E-state index contributed by atoms with van der Waals surface area (Å²) in [4.78, 5) is 22.7. The minimum Gasteiger partial charge on any atom is -0.481 e. The number of carbonyl (C=O) groups excluding carboxylic acids is 1. The lowest BCUT2D eigenvalue weighted by Crippen LogP contribution is -2.52. The number of thioether (sulfide) groups is 1. The number of hydrogen-bond donors (Lipinski definition) is 3. The molecule has 2 unspecified atom stereocenters. The van der Waals surface area contributed by atoms with Crippen molar-refractivity contribution in [2.24, 2.45) is 5.92 Å². The Bertz CT molecular complexity index is 354. The zero-order valence-electron chi connectivity index (χ0n) is 11.0. The fourth-order valence-corrected chi connectivity index (χ4v) is 3.34. The number of hydrogen-bond acceptors (Lipinski definition) is 4. The van der Waals surface area contributed by atoms with Crippen LogP contribution in [0.15, 0.2) is 0 Å². The highest BCUT2D eigenvalue weighted by atomic mass is 32.2. The van der Waals surface area contributed by atoms with E-state index in [4.69, 9.17) is 9.84 Å². The second-order valence-electron chi connectivity index (χ2n) is 5.16. The van der Waals surface area contributed by atoms with Gasteiger partial charge in [-0.3, -0.25) is 4.79 Å². The number of amides is 2. The Kier molecular flexibility index (Phi) is 4.57. The highest BCUT2D eigenvalue weighted by Gasteiger charge is 2.38. The summed E-state index contributed by atoms with van der Waals surface area (Å²) in [5, 5.41) is 14.5. The minimum atomic E-state index is -0.928. The SMILES string of the molecule is CSC1(CNC(=O)NC2COCC2C(=O)O)CCC1. The Labute approximate surface area is 116 Å². The smallest absolute Gasteiger partial charge is 0.315 e. The molecule has 1 saturated carbocycles. The average Bonchev–Trinajstić information content (AvgIpc) is 2.76. The third-order valence-corrected chi connectivity index (χ3v) is 5.40. The maximum atomic E-state index is 11.8. The molecule has 2 rings (SSSR count). The highest BCUT2D eigenvalue weighted by molar-refractivity contribution is 8.00. The second kappa shape index (κ2) is 6.00. The third-order valence-electron chi connectivity index (χ3n) is 3.98. The molecule has 6 nitrogen and oxygen atoms in total. The first-order chi connectivity index (χ1) is 9.06. The van der Waals surface area contributed by atoms with Crippen molar-refractivity contribution in [3.05, 3.63) is 0 Å². The molecule has 2 amide bonds. The first-order valence-corrected chi connectivity index (χ1v) is 7.69. The van der Waals surface area contributed by atoms with Crippen molar-refractivity contribution in [1.82, 2.24) is 10.6 Å². The number of ether oxygens (including phenoxy) is 1. The molecule has 2 fully saturated rings. The molecule has 0 aromatic rings. The predicted octanol–water partition coefficient (Wildman–Crippen LogP) is 0.671. The van der Waals surface area contributed by atoms with Crippen molar-refractivity contribution in [3.63, 3.8) is 0 Å². The van der Waals surface area contributed by atoms with Gasteiger partial charge in [-0.2, -0.15) is 11.8 Å². The van der Waals surface area contributed by atoms with Crippen molar-refractivity contribution in [2.45, 2.75) is 30.1 Å². The highest BCUT2D eigenvalue weighted by Crippen LogP contribution is 2.42. The normalized spacial score (nSPS) is 28.5. The molecule has 1 heterocycles. The Balaban J connectivity index is 1.76. The number of nitrogens with one attached hydrogen (secondary N) is 2. The standard InChI is InChI=1S/C12H20N2O4S/c1-19-12(3-2-4-12)7-13-11(17)14-9-6-18-5-8(9)10(15)16/h8-9H,2-7H2,1H3,(H,15,16)(H2,13,14,17). The second-order valence-corrected chi connectivity index (χ2v) is 6.43. The van der Waals surface area contributed by atoms with Gasteiger partial charge in [0.05, 0.1) is 19.3 Å². The zero-order chi connectivity index (χ0) is 13.9. The third kappa shape index (κ3) is 3.33. The molecule has 19 heavy (non-hydrogen) atoms. The molecule has 108 valence electrons. The molecule has 0 spiro atoms. The van der Waals surface area contributed by atoms with Crippen LogP contribution in [0, 0.1) is 5.92 Å². The molecule has 1 saturated heterocycles. The molecule has 2 aliphatic rings. The maximum absolute atomic E-state index is 11.8. The molecule has 2 atom stereocenters. The Morgan fingerprint density at radius 3 is 2.68 bits per heavy atom. The summed E-state index contributed by atoms with van der Waals surface area (Å²) in [6.07, 6.45) is 5.52. The number of aliphatic carboxylic acids is 1. The molecule has 1 aliphatic carbocycles. The first kappa shape index (κ1) is 14.5. The van der Waals surface area contributed by atoms with E-state index in [2.05, 4.69) is 16.9 Å². The molecule has 0 aromatic carbocycles. The van der Waals surface area contributed by atoms with E-state index in [1.54, 1.807) is 11.8 Å². The van der Waals surface area contributed by atoms with Gasteiger partial charge < -0.3 is 20.5 Å². The molecule has 1 aliphatic heterocycles. The van der Waals surface area contributed by atoms with Gasteiger partial charge in [-0.1, -0.05) is 6.42 Å². The van der Waals surface area contributed by atoms with Gasteiger partial charge in [0.1, 0.15) is 5.92 Å². The van der Waals surface area contributed by atoms with Crippen molar-refractivity contribution < 1.29 is 19.4 Å². The lowest BCUT2D eigenvalue weighted by molar-refractivity contribution is -0.142. The summed E-state index contributed by atoms with van der Waals surface area (Å²) in [6.45, 7) is 1.05. The van der Waals surface area contributed by atoms with Crippen LogP contribution in [0.3, 0.4) is 0 Å². The van der Waals surface area contributed by atoms with E-state index in [0.717, 1.165) is 12.8 Å². The van der Waals surface area contributed by atoms with E-state index in [-0.39, 0.29) is 24.0 Å². The van der Waals surface area contributed by atoms with Crippen LogP contribution in [0.5, 0.6) is 0 Å². The van der Waals surface area contributed by atoms with Gasteiger partial charge in [-0.05, 0) is 19.1 Å². The van der Waals surface area contributed by atoms with Gasteiger partial charge in [-0.15, -0.1) is 0 Å². The van der Waals surface area contributed by atoms with E-state index in [0.29, 0.717) is 6.54 Å². The van der Waals surface area contributed by atoms with Crippen LogP contribution in [0.1, 0.15) is 19.3 Å². The van der Waals surface area contributed by atoms with E-state index in [1.807, 2.05) is 0 Å². The van der Waals surface area contributed by atoms with E-state index in [1.165, 1.54) is 6.42 Å². The molecular weight excluding hydrogens is 268 g/mol. The topological polar surface area (TPSA) is 87.7 Å². The summed E-state index contributed by atoms with van der Waals surface area (Å²) >= 11 is 1.79. The number of carboxylic acids is 1. The van der Waals surface area contributed by atoms with Crippen LogP contribution in [-0.4, -0.2) is 53.9 Å². The van der Waals surface area contributed by atoms with Crippen molar-refractivity contribution in [3.8, 4) is 0 Å². The quantitative estimate of drug-likeness (QED) is 0.692. The average molecular weight is 288 g/mol. The Morgan fingerprint density at radius 1 is 1.42 bits per heavy atom. The van der Waals surface area contributed by atoms with Crippen molar-refractivity contribution in [2.75, 3.05) is 26.0 Å². The molecular formula is C12H20N2O4S. The summed E-state index contributed by atoms with van der Waals surface area (Å²) in [6, 6.07) is -0.744. The van der Waals surface area contributed by atoms with Crippen LogP contribution in [0.2, 0.25) is 0 Å². The predicted molar refractivity (Wildman–Crippen MR) is 72.4 cm³/mol. The lowest BCUT2D eigenvalue weighted by atomic mass is 9.84. The summed E-state index contributed by atoms with van der Waals surface area (Å²) in [5.41, 5.74) is 0. The van der Waals surface area contributed by atoms with Gasteiger partial charge in [0.2, 0.25) is 0 Å². The lowest BCUT2D eigenvalue weighted by Gasteiger charge is -2.40. The number of carbonyl (C=O) groups is 2. The summed E-state index contributed by atoms with van der Waals surface area (Å²) < 4.78 is 5.28. The first-order valence-electron chi connectivity index (χ1n) is 6.46.